The topological polar surface area (TPSA) is 38.3 Å². The number of unbranched alkanes of at least 4 members (excludes halogenated alkanes) is 3. The molecule has 0 unspecified atom stereocenters. The highest BCUT2D eigenvalue weighted by Crippen LogP contribution is 2.11. The van der Waals surface area contributed by atoms with Crippen molar-refractivity contribution in [3.63, 3.8) is 0 Å². The van der Waals surface area contributed by atoms with E-state index < -0.39 is 0 Å². The maximum atomic E-state index is 11.6. The maximum absolute atomic E-state index is 11.6. The van der Waals surface area contributed by atoms with Crippen LogP contribution in [0.25, 0.3) is 0 Å². The van der Waals surface area contributed by atoms with Crippen molar-refractivity contribution in [2.45, 2.75) is 45.6 Å². The molecule has 0 aliphatic carbocycles. The number of hydrogen-bond acceptors (Lipinski definition) is 2. The fourth-order valence-electron chi connectivity index (χ4n) is 1.74. The molecule has 0 saturated carbocycles. The molecule has 3 nitrogen and oxygen atoms in total. The van der Waals surface area contributed by atoms with Gasteiger partial charge in [-0.15, -0.1) is 0 Å². The van der Waals surface area contributed by atoms with Crippen LogP contribution in [-0.2, 0) is 11.3 Å². The molecule has 0 fully saturated rings. The molecule has 100 valence electrons. The van der Waals surface area contributed by atoms with E-state index in [0.717, 1.165) is 24.2 Å². The summed E-state index contributed by atoms with van der Waals surface area (Å²) in [6, 6.07) is 7.75. The summed E-state index contributed by atoms with van der Waals surface area (Å²) < 4.78 is 5.08. The highest BCUT2D eigenvalue weighted by molar-refractivity contribution is 5.75. The van der Waals surface area contributed by atoms with E-state index >= 15 is 0 Å². The molecule has 0 bridgehead atoms. The lowest BCUT2D eigenvalue weighted by Crippen LogP contribution is -2.22. The van der Waals surface area contributed by atoms with Gasteiger partial charge in [-0.1, -0.05) is 38.3 Å². The van der Waals surface area contributed by atoms with Crippen LogP contribution < -0.4 is 10.1 Å². The molecule has 0 heterocycles. The Labute approximate surface area is 110 Å². The molecule has 0 aromatic heterocycles. The second kappa shape index (κ2) is 8.56. The van der Waals surface area contributed by atoms with Crippen molar-refractivity contribution in [2.75, 3.05) is 7.11 Å². The quantitative estimate of drug-likeness (QED) is 0.718. The van der Waals surface area contributed by atoms with Crippen molar-refractivity contribution in [1.29, 1.82) is 0 Å². The van der Waals surface area contributed by atoms with E-state index in [1.54, 1.807) is 7.11 Å². The fraction of sp³-hybridized carbons (Fsp3) is 0.533. The van der Waals surface area contributed by atoms with Gasteiger partial charge in [0.2, 0.25) is 5.91 Å². The van der Waals surface area contributed by atoms with Crippen LogP contribution in [0.4, 0.5) is 0 Å². The molecule has 0 radical (unpaired) electrons. The first-order valence-electron chi connectivity index (χ1n) is 6.66. The Hall–Kier alpha value is -1.51. The molecule has 0 aliphatic rings. The Morgan fingerprint density at radius 1 is 1.17 bits per heavy atom. The highest BCUT2D eigenvalue weighted by Gasteiger charge is 2.01. The summed E-state index contributed by atoms with van der Waals surface area (Å²) in [5, 5.41) is 2.93. The summed E-state index contributed by atoms with van der Waals surface area (Å²) in [5.74, 6) is 0.978. The van der Waals surface area contributed by atoms with E-state index in [-0.39, 0.29) is 5.91 Å². The number of carbonyl (C=O) groups is 1. The van der Waals surface area contributed by atoms with Gasteiger partial charge >= 0.3 is 0 Å². The lowest BCUT2D eigenvalue weighted by molar-refractivity contribution is -0.121. The maximum Gasteiger partial charge on any atom is 0.220 e. The minimum Gasteiger partial charge on any atom is -0.497 e. The van der Waals surface area contributed by atoms with Gasteiger partial charge in [-0.25, -0.2) is 0 Å². The third-order valence-corrected chi connectivity index (χ3v) is 2.91. The zero-order chi connectivity index (χ0) is 13.2. The van der Waals surface area contributed by atoms with Crippen LogP contribution in [0.3, 0.4) is 0 Å². The van der Waals surface area contributed by atoms with Gasteiger partial charge in [-0.3, -0.25) is 4.79 Å². The van der Waals surface area contributed by atoms with E-state index in [1.807, 2.05) is 24.3 Å². The summed E-state index contributed by atoms with van der Waals surface area (Å²) >= 11 is 0. The molecule has 1 aromatic rings. The molecule has 18 heavy (non-hydrogen) atoms. The molecule has 1 amide bonds. The Kier molecular flexibility index (Phi) is 6.92. The zero-order valence-corrected chi connectivity index (χ0v) is 11.4. The summed E-state index contributed by atoms with van der Waals surface area (Å²) in [4.78, 5) is 11.6. The van der Waals surface area contributed by atoms with Crippen molar-refractivity contribution in [3.8, 4) is 5.75 Å². The standard InChI is InChI=1S/C15H23NO2/c1-3-4-5-6-7-15(17)16-12-13-8-10-14(18-2)11-9-13/h8-11H,3-7,12H2,1-2H3,(H,16,17). The highest BCUT2D eigenvalue weighted by atomic mass is 16.5. The minimum atomic E-state index is 0.141. The number of hydrogen-bond donors (Lipinski definition) is 1. The third kappa shape index (κ3) is 5.71. The van der Waals surface area contributed by atoms with Crippen LogP contribution in [0.5, 0.6) is 5.75 Å². The smallest absolute Gasteiger partial charge is 0.220 e. The summed E-state index contributed by atoms with van der Waals surface area (Å²) in [7, 11) is 1.65. The summed E-state index contributed by atoms with van der Waals surface area (Å²) in [6.45, 7) is 2.76. The SMILES string of the molecule is CCCCCCC(=O)NCc1ccc(OC)cc1. The van der Waals surface area contributed by atoms with Crippen molar-refractivity contribution < 1.29 is 9.53 Å². The molecule has 3 heteroatoms. The number of amides is 1. The molecular formula is C15H23NO2. The minimum absolute atomic E-state index is 0.141. The van der Waals surface area contributed by atoms with Crippen molar-refractivity contribution in [1.82, 2.24) is 5.32 Å². The lowest BCUT2D eigenvalue weighted by atomic mass is 10.1. The summed E-state index contributed by atoms with van der Waals surface area (Å²) in [5.41, 5.74) is 1.10. The normalized spacial score (nSPS) is 10.1. The first-order valence-corrected chi connectivity index (χ1v) is 6.66. The zero-order valence-electron chi connectivity index (χ0n) is 11.4. The predicted octanol–water partition coefficient (Wildman–Crippen LogP) is 3.28. The number of benzene rings is 1. The van der Waals surface area contributed by atoms with Crippen LogP contribution in [0.1, 0.15) is 44.6 Å². The van der Waals surface area contributed by atoms with Gasteiger partial charge in [0.25, 0.3) is 0 Å². The van der Waals surface area contributed by atoms with Crippen molar-refractivity contribution >= 4 is 5.91 Å². The average molecular weight is 249 g/mol. The van der Waals surface area contributed by atoms with Crippen LogP contribution in [0.15, 0.2) is 24.3 Å². The van der Waals surface area contributed by atoms with Gasteiger partial charge in [-0.2, -0.15) is 0 Å². The average Bonchev–Trinajstić information content (AvgIpc) is 2.42. The Morgan fingerprint density at radius 2 is 1.89 bits per heavy atom. The van der Waals surface area contributed by atoms with Gasteiger partial charge in [0.15, 0.2) is 0 Å². The molecule has 0 spiro atoms. The van der Waals surface area contributed by atoms with Crippen LogP contribution >= 0.6 is 0 Å². The number of nitrogens with one attached hydrogen (secondary N) is 1. The molecule has 0 saturated heterocycles. The first-order chi connectivity index (χ1) is 8.76. The molecular weight excluding hydrogens is 226 g/mol. The van der Waals surface area contributed by atoms with Gasteiger partial charge in [0.1, 0.15) is 5.75 Å². The van der Waals surface area contributed by atoms with Gasteiger partial charge in [-0.05, 0) is 24.1 Å². The molecule has 1 aromatic carbocycles. The van der Waals surface area contributed by atoms with Gasteiger partial charge in [0.05, 0.1) is 7.11 Å². The van der Waals surface area contributed by atoms with E-state index in [1.165, 1.54) is 12.8 Å². The Morgan fingerprint density at radius 3 is 2.50 bits per heavy atom. The number of methoxy groups -OCH3 is 1. The van der Waals surface area contributed by atoms with Crippen molar-refractivity contribution in [2.24, 2.45) is 0 Å². The number of rotatable bonds is 8. The predicted molar refractivity (Wildman–Crippen MR) is 73.6 cm³/mol. The van der Waals surface area contributed by atoms with E-state index in [9.17, 15) is 4.79 Å². The Balaban J connectivity index is 2.20. The molecule has 1 N–H and O–H groups in total. The first kappa shape index (κ1) is 14.6. The monoisotopic (exact) mass is 249 g/mol. The van der Waals surface area contributed by atoms with Crippen LogP contribution in [0, 0.1) is 0 Å². The van der Waals surface area contributed by atoms with Gasteiger partial charge in [0, 0.05) is 13.0 Å². The third-order valence-electron chi connectivity index (χ3n) is 2.91. The van der Waals surface area contributed by atoms with Gasteiger partial charge < -0.3 is 10.1 Å². The summed E-state index contributed by atoms with van der Waals surface area (Å²) in [6.07, 6.45) is 5.18. The van der Waals surface area contributed by atoms with E-state index in [0.29, 0.717) is 13.0 Å². The Bertz CT molecular complexity index is 346. The van der Waals surface area contributed by atoms with Crippen molar-refractivity contribution in [3.05, 3.63) is 29.8 Å². The molecule has 0 atom stereocenters. The van der Waals surface area contributed by atoms with E-state index in [2.05, 4.69) is 12.2 Å². The van der Waals surface area contributed by atoms with Crippen LogP contribution in [0.2, 0.25) is 0 Å². The van der Waals surface area contributed by atoms with E-state index in [4.69, 9.17) is 4.74 Å². The second-order valence-electron chi connectivity index (χ2n) is 4.44. The lowest BCUT2D eigenvalue weighted by Gasteiger charge is -2.06. The largest absolute Gasteiger partial charge is 0.497 e. The van der Waals surface area contributed by atoms with Crippen LogP contribution in [-0.4, -0.2) is 13.0 Å². The number of carbonyl (C=O) groups excluding carboxylic acids is 1. The fourth-order valence-corrected chi connectivity index (χ4v) is 1.74. The second-order valence-corrected chi connectivity index (χ2v) is 4.44. The molecule has 1 rings (SSSR count). The number of ether oxygens (including phenoxy) is 1. The molecule has 0 aliphatic heterocycles.